The van der Waals surface area contributed by atoms with E-state index in [-0.39, 0.29) is 18.3 Å². The van der Waals surface area contributed by atoms with Gasteiger partial charge in [-0.1, -0.05) is 12.1 Å². The molecule has 2 rings (SSSR count). The van der Waals surface area contributed by atoms with E-state index in [1.807, 2.05) is 14.1 Å². The number of ether oxygens (including phenoxy) is 2. The molecule has 1 amide bonds. The van der Waals surface area contributed by atoms with Crippen LogP contribution < -0.4 is 14.8 Å². The molecule has 0 heterocycles. The Morgan fingerprint density at radius 2 is 1.76 bits per heavy atom. The summed E-state index contributed by atoms with van der Waals surface area (Å²) in [6, 6.07) is 13.8. The van der Waals surface area contributed by atoms with Crippen molar-refractivity contribution in [3.63, 3.8) is 0 Å². The van der Waals surface area contributed by atoms with Crippen LogP contribution in [0.15, 0.2) is 48.5 Å². The molecule has 0 radical (unpaired) electrons. The number of nitrogens with one attached hydrogen (secondary N) is 1. The van der Waals surface area contributed by atoms with Crippen molar-refractivity contribution < 1.29 is 19.1 Å². The summed E-state index contributed by atoms with van der Waals surface area (Å²) in [4.78, 5) is 25.8. The monoisotopic (exact) mass is 342 g/mol. The van der Waals surface area contributed by atoms with E-state index in [1.165, 1.54) is 0 Å². The van der Waals surface area contributed by atoms with Crippen molar-refractivity contribution in [2.75, 3.05) is 39.7 Å². The molecule has 0 aliphatic rings. The van der Waals surface area contributed by atoms with Crippen LogP contribution in [0.5, 0.6) is 11.5 Å². The van der Waals surface area contributed by atoms with E-state index in [1.54, 1.807) is 60.5 Å². The minimum atomic E-state index is -0.282. The highest BCUT2D eigenvalue weighted by Gasteiger charge is 2.09. The highest BCUT2D eigenvalue weighted by atomic mass is 16.5. The molecule has 25 heavy (non-hydrogen) atoms. The standard InChI is InChI=1S/C19H22N2O4/c1-21(2)12-18(22)14-5-4-6-17(11-14)25-13-19(23)20-15-7-9-16(24-3)10-8-15/h4-11H,12-13H2,1-3H3,(H,20,23). The molecule has 0 aliphatic heterocycles. The minimum Gasteiger partial charge on any atom is -0.497 e. The number of hydrogen-bond acceptors (Lipinski definition) is 5. The van der Waals surface area contributed by atoms with Gasteiger partial charge < -0.3 is 19.7 Å². The van der Waals surface area contributed by atoms with Crippen LogP contribution in [-0.2, 0) is 4.79 Å². The van der Waals surface area contributed by atoms with Crippen LogP contribution in [0.3, 0.4) is 0 Å². The molecule has 0 aromatic heterocycles. The van der Waals surface area contributed by atoms with Gasteiger partial charge in [-0.25, -0.2) is 0 Å². The van der Waals surface area contributed by atoms with Crippen molar-refractivity contribution in [2.45, 2.75) is 0 Å². The molecule has 0 fully saturated rings. The molecule has 0 saturated heterocycles. The number of benzene rings is 2. The Hall–Kier alpha value is -2.86. The first-order chi connectivity index (χ1) is 12.0. The van der Waals surface area contributed by atoms with Crippen molar-refractivity contribution in [2.24, 2.45) is 0 Å². The zero-order chi connectivity index (χ0) is 18.2. The molecule has 2 aromatic rings. The smallest absolute Gasteiger partial charge is 0.262 e. The molecule has 0 bridgehead atoms. The van der Waals surface area contributed by atoms with Crippen LogP contribution in [0, 0.1) is 0 Å². The summed E-state index contributed by atoms with van der Waals surface area (Å²) in [5.41, 5.74) is 1.21. The third-order valence-corrected chi connectivity index (χ3v) is 3.36. The number of carbonyl (C=O) groups excluding carboxylic acids is 2. The summed E-state index contributed by atoms with van der Waals surface area (Å²) in [5.74, 6) is 0.913. The predicted molar refractivity (Wildman–Crippen MR) is 96.4 cm³/mol. The van der Waals surface area contributed by atoms with Gasteiger partial charge in [0.1, 0.15) is 11.5 Å². The summed E-state index contributed by atoms with van der Waals surface area (Å²) >= 11 is 0. The first kappa shape index (κ1) is 18.5. The molecule has 0 aliphatic carbocycles. The molecule has 6 heteroatoms. The zero-order valence-electron chi connectivity index (χ0n) is 14.6. The molecule has 0 atom stereocenters. The lowest BCUT2D eigenvalue weighted by Crippen LogP contribution is -2.22. The Balaban J connectivity index is 1.89. The fraction of sp³-hybridized carbons (Fsp3) is 0.263. The van der Waals surface area contributed by atoms with Crippen LogP contribution >= 0.6 is 0 Å². The van der Waals surface area contributed by atoms with E-state index in [2.05, 4.69) is 5.32 Å². The summed E-state index contributed by atoms with van der Waals surface area (Å²) in [7, 11) is 5.25. The molecule has 132 valence electrons. The highest BCUT2D eigenvalue weighted by molar-refractivity contribution is 5.98. The Morgan fingerprint density at radius 3 is 2.40 bits per heavy atom. The first-order valence-corrected chi connectivity index (χ1v) is 7.82. The van der Waals surface area contributed by atoms with Crippen molar-refractivity contribution >= 4 is 17.4 Å². The number of carbonyl (C=O) groups is 2. The maximum atomic E-state index is 12.1. The van der Waals surface area contributed by atoms with Gasteiger partial charge in [-0.2, -0.15) is 0 Å². The Bertz CT molecular complexity index is 726. The number of ketones is 1. The summed E-state index contributed by atoms with van der Waals surface area (Å²) in [5, 5.41) is 2.73. The van der Waals surface area contributed by atoms with Gasteiger partial charge in [-0.05, 0) is 50.5 Å². The number of nitrogens with zero attached hydrogens (tertiary/aromatic N) is 1. The predicted octanol–water partition coefficient (Wildman–Crippen LogP) is 2.46. The Morgan fingerprint density at radius 1 is 1.04 bits per heavy atom. The fourth-order valence-electron chi connectivity index (χ4n) is 2.16. The molecule has 2 aromatic carbocycles. The second kappa shape index (κ2) is 8.84. The summed E-state index contributed by atoms with van der Waals surface area (Å²) in [6.45, 7) is 0.179. The second-order valence-electron chi connectivity index (χ2n) is 5.75. The summed E-state index contributed by atoms with van der Waals surface area (Å²) in [6.07, 6.45) is 0. The Labute approximate surface area is 147 Å². The van der Waals surface area contributed by atoms with Crippen LogP contribution in [0.25, 0.3) is 0 Å². The van der Waals surface area contributed by atoms with E-state index in [4.69, 9.17) is 9.47 Å². The van der Waals surface area contributed by atoms with Crippen molar-refractivity contribution in [1.82, 2.24) is 4.90 Å². The average molecular weight is 342 g/mol. The summed E-state index contributed by atoms with van der Waals surface area (Å²) < 4.78 is 10.5. The largest absolute Gasteiger partial charge is 0.497 e. The Kier molecular flexibility index (Phi) is 6.54. The quantitative estimate of drug-likeness (QED) is 0.747. The van der Waals surface area contributed by atoms with Crippen LogP contribution in [0.4, 0.5) is 5.69 Å². The third-order valence-electron chi connectivity index (χ3n) is 3.36. The van der Waals surface area contributed by atoms with Gasteiger partial charge in [0.15, 0.2) is 12.4 Å². The minimum absolute atomic E-state index is 0.00173. The lowest BCUT2D eigenvalue weighted by Gasteiger charge is -2.11. The first-order valence-electron chi connectivity index (χ1n) is 7.82. The topological polar surface area (TPSA) is 67.9 Å². The number of rotatable bonds is 8. The number of anilines is 1. The van der Waals surface area contributed by atoms with Crippen molar-refractivity contribution in [1.29, 1.82) is 0 Å². The van der Waals surface area contributed by atoms with Crippen LogP contribution in [0.1, 0.15) is 10.4 Å². The molecule has 1 N–H and O–H groups in total. The second-order valence-corrected chi connectivity index (χ2v) is 5.75. The molecular weight excluding hydrogens is 320 g/mol. The fourth-order valence-corrected chi connectivity index (χ4v) is 2.16. The van der Waals surface area contributed by atoms with Crippen molar-refractivity contribution in [3.8, 4) is 11.5 Å². The van der Waals surface area contributed by atoms with E-state index in [0.717, 1.165) is 0 Å². The maximum absolute atomic E-state index is 12.1. The van der Waals surface area contributed by atoms with Crippen LogP contribution in [0.2, 0.25) is 0 Å². The zero-order valence-corrected chi connectivity index (χ0v) is 14.6. The van der Waals surface area contributed by atoms with Gasteiger partial charge in [0.2, 0.25) is 0 Å². The lowest BCUT2D eigenvalue weighted by atomic mass is 10.1. The average Bonchev–Trinajstić information content (AvgIpc) is 2.60. The normalized spacial score (nSPS) is 10.4. The number of Topliss-reactive ketones (excluding diaryl/α,β-unsaturated/α-hetero) is 1. The molecule has 0 unspecified atom stereocenters. The van der Waals surface area contributed by atoms with Gasteiger partial charge >= 0.3 is 0 Å². The molecule has 0 spiro atoms. The highest BCUT2D eigenvalue weighted by Crippen LogP contribution is 2.16. The van der Waals surface area contributed by atoms with Gasteiger partial charge in [0.05, 0.1) is 13.7 Å². The van der Waals surface area contributed by atoms with Gasteiger partial charge in [-0.15, -0.1) is 0 Å². The third kappa shape index (κ3) is 5.93. The molecular formula is C19H22N2O4. The van der Waals surface area contributed by atoms with E-state index in [0.29, 0.717) is 29.3 Å². The molecule has 0 saturated carbocycles. The van der Waals surface area contributed by atoms with Crippen molar-refractivity contribution in [3.05, 3.63) is 54.1 Å². The lowest BCUT2D eigenvalue weighted by molar-refractivity contribution is -0.118. The van der Waals surface area contributed by atoms with E-state index >= 15 is 0 Å². The van der Waals surface area contributed by atoms with E-state index in [9.17, 15) is 9.59 Å². The van der Waals surface area contributed by atoms with Gasteiger partial charge in [0.25, 0.3) is 5.91 Å². The van der Waals surface area contributed by atoms with Crippen LogP contribution in [-0.4, -0.2) is 50.9 Å². The maximum Gasteiger partial charge on any atom is 0.262 e. The number of likely N-dealkylation sites (N-methyl/N-ethyl adjacent to an activating group) is 1. The number of methoxy groups -OCH3 is 1. The van der Waals surface area contributed by atoms with Gasteiger partial charge in [-0.3, -0.25) is 9.59 Å². The number of hydrogen-bond donors (Lipinski definition) is 1. The van der Waals surface area contributed by atoms with Gasteiger partial charge in [0, 0.05) is 11.3 Å². The van der Waals surface area contributed by atoms with E-state index < -0.39 is 0 Å². The molecule has 6 nitrogen and oxygen atoms in total. The SMILES string of the molecule is COc1ccc(NC(=O)COc2cccc(C(=O)CN(C)C)c2)cc1. The number of amides is 1.